The van der Waals surface area contributed by atoms with Crippen LogP contribution in [-0.4, -0.2) is 24.6 Å². The molecule has 0 bridgehead atoms. The monoisotopic (exact) mass is 250 g/mol. The second kappa shape index (κ2) is 6.01. The lowest BCUT2D eigenvalue weighted by atomic mass is 9.89. The number of ether oxygens (including phenoxy) is 1. The predicted octanol–water partition coefficient (Wildman–Crippen LogP) is 2.82. The Morgan fingerprint density at radius 1 is 1.33 bits per heavy atom. The molecule has 100 valence electrons. The maximum atomic E-state index is 12.3. The summed E-state index contributed by atoms with van der Waals surface area (Å²) in [5.41, 5.74) is 3.59. The molecule has 0 aliphatic rings. The maximum Gasteiger partial charge on any atom is 0.168 e. The number of aliphatic hydroxyl groups excluding tert-OH is 1. The third-order valence-electron chi connectivity index (χ3n) is 3.58. The summed E-state index contributed by atoms with van der Waals surface area (Å²) >= 11 is 0. The molecule has 0 saturated heterocycles. The van der Waals surface area contributed by atoms with Crippen molar-refractivity contribution in [2.75, 3.05) is 13.7 Å². The van der Waals surface area contributed by atoms with Gasteiger partial charge in [0.05, 0.1) is 13.7 Å². The van der Waals surface area contributed by atoms with Gasteiger partial charge >= 0.3 is 0 Å². The molecule has 1 rings (SSSR count). The van der Waals surface area contributed by atoms with Gasteiger partial charge in [-0.2, -0.15) is 0 Å². The number of methoxy groups -OCH3 is 1. The van der Waals surface area contributed by atoms with Crippen molar-refractivity contribution in [2.24, 2.45) is 5.92 Å². The molecule has 1 unspecified atom stereocenters. The number of rotatable bonds is 5. The first kappa shape index (κ1) is 14.7. The first-order valence-corrected chi connectivity index (χ1v) is 6.27. The Labute approximate surface area is 109 Å². The Hall–Kier alpha value is -1.35. The minimum atomic E-state index is -0.309. The number of benzene rings is 1. The third kappa shape index (κ3) is 2.56. The van der Waals surface area contributed by atoms with Gasteiger partial charge in [0.15, 0.2) is 5.78 Å². The Morgan fingerprint density at radius 2 is 1.94 bits per heavy atom. The molecule has 3 nitrogen and oxygen atoms in total. The van der Waals surface area contributed by atoms with Crippen molar-refractivity contribution in [1.82, 2.24) is 0 Å². The highest BCUT2D eigenvalue weighted by atomic mass is 16.5. The number of hydrogen-bond acceptors (Lipinski definition) is 3. The van der Waals surface area contributed by atoms with Crippen LogP contribution in [0.5, 0.6) is 5.75 Å². The molecule has 0 amide bonds. The van der Waals surface area contributed by atoms with Gasteiger partial charge in [0, 0.05) is 11.5 Å². The molecule has 0 spiro atoms. The molecule has 1 N–H and O–H groups in total. The average molecular weight is 250 g/mol. The minimum absolute atomic E-state index is 0.0198. The van der Waals surface area contributed by atoms with Crippen LogP contribution in [0.2, 0.25) is 0 Å². The van der Waals surface area contributed by atoms with Crippen LogP contribution in [0.4, 0.5) is 0 Å². The van der Waals surface area contributed by atoms with Gasteiger partial charge in [-0.05, 0) is 49.9 Å². The van der Waals surface area contributed by atoms with Crippen molar-refractivity contribution in [2.45, 2.75) is 34.1 Å². The highest BCUT2D eigenvalue weighted by Gasteiger charge is 2.21. The molecular weight excluding hydrogens is 228 g/mol. The highest BCUT2D eigenvalue weighted by Crippen LogP contribution is 2.30. The number of carbonyl (C=O) groups excluding carboxylic acids is 1. The van der Waals surface area contributed by atoms with E-state index in [4.69, 9.17) is 4.74 Å². The maximum absolute atomic E-state index is 12.3. The summed E-state index contributed by atoms with van der Waals surface area (Å²) in [6.45, 7) is 7.63. The van der Waals surface area contributed by atoms with Crippen LogP contribution in [0.3, 0.4) is 0 Å². The van der Waals surface area contributed by atoms with E-state index in [-0.39, 0.29) is 18.3 Å². The molecule has 0 heterocycles. The number of ketones is 1. The largest absolute Gasteiger partial charge is 0.496 e. The molecule has 18 heavy (non-hydrogen) atoms. The fraction of sp³-hybridized carbons (Fsp3) is 0.533. The molecule has 0 aliphatic heterocycles. The predicted molar refractivity (Wildman–Crippen MR) is 72.4 cm³/mol. The molecule has 0 radical (unpaired) electrons. The molecule has 0 saturated carbocycles. The SMILES string of the molecule is CCC(CO)C(=O)c1cc(C)c(OC)c(C)c1C. The second-order valence-electron chi connectivity index (χ2n) is 4.68. The average Bonchev–Trinajstić information content (AvgIpc) is 2.35. The molecular formula is C15H22O3. The number of aliphatic hydroxyl groups is 1. The van der Waals surface area contributed by atoms with E-state index in [1.165, 1.54) is 0 Å². The van der Waals surface area contributed by atoms with E-state index in [1.807, 2.05) is 33.8 Å². The van der Waals surface area contributed by atoms with Gasteiger partial charge < -0.3 is 9.84 Å². The summed E-state index contributed by atoms with van der Waals surface area (Å²) in [5.74, 6) is 0.545. The summed E-state index contributed by atoms with van der Waals surface area (Å²) in [4.78, 5) is 12.3. The van der Waals surface area contributed by atoms with Gasteiger partial charge in [-0.15, -0.1) is 0 Å². The summed E-state index contributed by atoms with van der Waals surface area (Å²) < 4.78 is 5.34. The van der Waals surface area contributed by atoms with Crippen molar-refractivity contribution < 1.29 is 14.6 Å². The van der Waals surface area contributed by atoms with E-state index in [1.54, 1.807) is 7.11 Å². The molecule has 0 aliphatic carbocycles. The summed E-state index contributed by atoms with van der Waals surface area (Å²) in [5, 5.41) is 9.24. The van der Waals surface area contributed by atoms with Crippen molar-refractivity contribution in [3.8, 4) is 5.75 Å². The Kier molecular flexibility index (Phi) is 4.91. The quantitative estimate of drug-likeness (QED) is 0.817. The van der Waals surface area contributed by atoms with Gasteiger partial charge in [-0.1, -0.05) is 6.92 Å². The number of aryl methyl sites for hydroxylation is 1. The van der Waals surface area contributed by atoms with Gasteiger partial charge in [-0.25, -0.2) is 0 Å². The zero-order valence-corrected chi connectivity index (χ0v) is 11.8. The Bertz CT molecular complexity index is 446. The highest BCUT2D eigenvalue weighted by molar-refractivity contribution is 6.00. The fourth-order valence-corrected chi connectivity index (χ4v) is 2.25. The van der Waals surface area contributed by atoms with Crippen LogP contribution in [0.1, 0.15) is 40.4 Å². The van der Waals surface area contributed by atoms with Gasteiger partial charge in [0.25, 0.3) is 0 Å². The first-order chi connectivity index (χ1) is 8.47. The Balaban J connectivity index is 3.31. The zero-order valence-electron chi connectivity index (χ0n) is 11.8. The molecule has 3 heteroatoms. The van der Waals surface area contributed by atoms with Crippen molar-refractivity contribution in [3.05, 3.63) is 28.3 Å². The molecule has 1 aromatic carbocycles. The van der Waals surface area contributed by atoms with Crippen molar-refractivity contribution >= 4 is 5.78 Å². The van der Waals surface area contributed by atoms with E-state index in [2.05, 4.69) is 0 Å². The first-order valence-electron chi connectivity index (χ1n) is 6.27. The van der Waals surface area contributed by atoms with E-state index in [9.17, 15) is 9.90 Å². The molecule has 0 fully saturated rings. The number of hydrogen-bond donors (Lipinski definition) is 1. The summed E-state index contributed by atoms with van der Waals surface area (Å²) in [7, 11) is 1.64. The van der Waals surface area contributed by atoms with Crippen LogP contribution in [0.25, 0.3) is 0 Å². The third-order valence-corrected chi connectivity index (χ3v) is 3.58. The topological polar surface area (TPSA) is 46.5 Å². The lowest BCUT2D eigenvalue weighted by Gasteiger charge is -2.17. The zero-order chi connectivity index (χ0) is 13.9. The lowest BCUT2D eigenvalue weighted by molar-refractivity contribution is 0.0855. The van der Waals surface area contributed by atoms with E-state index < -0.39 is 0 Å². The normalized spacial score (nSPS) is 12.3. The smallest absolute Gasteiger partial charge is 0.168 e. The van der Waals surface area contributed by atoms with E-state index >= 15 is 0 Å². The molecule has 1 aromatic rings. The van der Waals surface area contributed by atoms with Crippen LogP contribution >= 0.6 is 0 Å². The van der Waals surface area contributed by atoms with Crippen LogP contribution in [0.15, 0.2) is 6.07 Å². The number of Topliss-reactive ketones (excluding diaryl/α,β-unsaturated/α-hetero) is 1. The second-order valence-corrected chi connectivity index (χ2v) is 4.68. The number of carbonyl (C=O) groups is 1. The van der Waals surface area contributed by atoms with Crippen molar-refractivity contribution in [1.29, 1.82) is 0 Å². The van der Waals surface area contributed by atoms with Gasteiger partial charge in [-0.3, -0.25) is 4.79 Å². The van der Waals surface area contributed by atoms with Crippen LogP contribution < -0.4 is 4.74 Å². The summed E-state index contributed by atoms with van der Waals surface area (Å²) in [6, 6.07) is 1.86. The lowest BCUT2D eigenvalue weighted by Crippen LogP contribution is -2.19. The van der Waals surface area contributed by atoms with Crippen molar-refractivity contribution in [3.63, 3.8) is 0 Å². The molecule has 1 atom stereocenters. The van der Waals surface area contributed by atoms with E-state index in [0.717, 1.165) is 22.4 Å². The fourth-order valence-electron chi connectivity index (χ4n) is 2.25. The minimum Gasteiger partial charge on any atom is -0.496 e. The van der Waals surface area contributed by atoms with Gasteiger partial charge in [0.2, 0.25) is 0 Å². The standard InChI is InChI=1S/C15H22O3/c1-6-12(8-16)14(17)13-7-9(2)15(18-5)11(4)10(13)3/h7,12,16H,6,8H2,1-5H3. The van der Waals surface area contributed by atoms with E-state index in [0.29, 0.717) is 12.0 Å². The molecule has 0 aromatic heterocycles. The van der Waals surface area contributed by atoms with Crippen LogP contribution in [-0.2, 0) is 0 Å². The van der Waals surface area contributed by atoms with Crippen LogP contribution in [0, 0.1) is 26.7 Å². The van der Waals surface area contributed by atoms with Gasteiger partial charge in [0.1, 0.15) is 5.75 Å². The summed E-state index contributed by atoms with van der Waals surface area (Å²) in [6.07, 6.45) is 0.652. The Morgan fingerprint density at radius 3 is 2.39 bits per heavy atom.